The fraction of sp³-hybridized carbons (Fsp3) is 0.769. The predicted molar refractivity (Wildman–Crippen MR) is 78.6 cm³/mol. The van der Waals surface area contributed by atoms with Crippen molar-refractivity contribution in [3.8, 4) is 0 Å². The zero-order valence-corrected chi connectivity index (χ0v) is 12.5. The first-order valence-corrected chi connectivity index (χ1v) is 7.36. The molecule has 0 bridgehead atoms. The van der Waals surface area contributed by atoms with Crippen molar-refractivity contribution in [1.29, 1.82) is 0 Å². The van der Waals surface area contributed by atoms with Gasteiger partial charge in [0.05, 0.1) is 0 Å². The number of anilines is 2. The molecular formula is C13H22ClN5. The second-order valence-electron chi connectivity index (χ2n) is 5.54. The zero-order valence-electron chi connectivity index (χ0n) is 11.8. The van der Waals surface area contributed by atoms with E-state index in [1.807, 2.05) is 6.92 Å². The van der Waals surface area contributed by atoms with Crippen LogP contribution in [0.4, 0.5) is 11.9 Å². The molecule has 1 fully saturated rings. The molecule has 0 radical (unpaired) electrons. The monoisotopic (exact) mass is 283 g/mol. The summed E-state index contributed by atoms with van der Waals surface area (Å²) in [6, 6.07) is 0.423. The van der Waals surface area contributed by atoms with Crippen LogP contribution >= 0.6 is 11.6 Å². The Balaban J connectivity index is 2.05. The summed E-state index contributed by atoms with van der Waals surface area (Å²) in [6.45, 7) is 7.36. The third kappa shape index (κ3) is 4.20. The van der Waals surface area contributed by atoms with E-state index in [0.717, 1.165) is 31.2 Å². The zero-order chi connectivity index (χ0) is 13.8. The van der Waals surface area contributed by atoms with Crippen LogP contribution in [0.5, 0.6) is 0 Å². The topological polar surface area (TPSA) is 62.7 Å². The third-order valence-corrected chi connectivity index (χ3v) is 3.62. The highest BCUT2D eigenvalue weighted by molar-refractivity contribution is 6.28. The van der Waals surface area contributed by atoms with Crippen LogP contribution in [-0.2, 0) is 0 Å². The second kappa shape index (κ2) is 6.37. The number of hydrogen-bond donors (Lipinski definition) is 2. The van der Waals surface area contributed by atoms with Gasteiger partial charge in [0.25, 0.3) is 0 Å². The van der Waals surface area contributed by atoms with E-state index in [9.17, 15) is 0 Å². The summed E-state index contributed by atoms with van der Waals surface area (Å²) >= 11 is 5.92. The number of nitrogens with one attached hydrogen (secondary N) is 2. The molecule has 2 rings (SSSR count). The van der Waals surface area contributed by atoms with Gasteiger partial charge in [0.15, 0.2) is 0 Å². The van der Waals surface area contributed by atoms with Gasteiger partial charge in [-0.05, 0) is 49.6 Å². The van der Waals surface area contributed by atoms with Gasteiger partial charge in [-0.3, -0.25) is 0 Å². The molecule has 2 unspecified atom stereocenters. The maximum atomic E-state index is 5.92. The lowest BCUT2D eigenvalue weighted by Crippen LogP contribution is -2.31. The molecule has 1 aromatic heterocycles. The summed E-state index contributed by atoms with van der Waals surface area (Å²) in [5, 5.41) is 6.68. The molecule has 0 spiro atoms. The molecule has 0 aromatic carbocycles. The maximum Gasteiger partial charge on any atom is 0.229 e. The molecule has 1 aromatic rings. The van der Waals surface area contributed by atoms with Crippen LogP contribution in [0.15, 0.2) is 0 Å². The molecule has 2 atom stereocenters. The molecular weight excluding hydrogens is 262 g/mol. The largest absolute Gasteiger partial charge is 0.354 e. The van der Waals surface area contributed by atoms with Crippen molar-refractivity contribution in [3.05, 3.63) is 5.28 Å². The molecule has 1 aliphatic rings. The first-order chi connectivity index (χ1) is 9.06. The molecule has 5 nitrogen and oxygen atoms in total. The Labute approximate surface area is 119 Å². The Kier molecular flexibility index (Phi) is 4.80. The fourth-order valence-corrected chi connectivity index (χ4v) is 3.06. The molecule has 2 N–H and O–H groups in total. The fourth-order valence-electron chi connectivity index (χ4n) is 2.90. The van der Waals surface area contributed by atoms with E-state index in [0.29, 0.717) is 17.9 Å². The minimum atomic E-state index is 0.227. The summed E-state index contributed by atoms with van der Waals surface area (Å²) in [6.07, 6.45) is 3.62. The molecule has 6 heteroatoms. The number of aromatic nitrogens is 3. The minimum Gasteiger partial charge on any atom is -0.354 e. The van der Waals surface area contributed by atoms with Crippen molar-refractivity contribution >= 4 is 23.5 Å². The summed E-state index contributed by atoms with van der Waals surface area (Å²) < 4.78 is 0. The van der Waals surface area contributed by atoms with Crippen molar-refractivity contribution in [3.63, 3.8) is 0 Å². The van der Waals surface area contributed by atoms with Crippen molar-refractivity contribution in [2.24, 2.45) is 11.8 Å². The summed E-state index contributed by atoms with van der Waals surface area (Å²) in [4.78, 5) is 12.5. The average Bonchev–Trinajstić information content (AvgIpc) is 2.26. The van der Waals surface area contributed by atoms with Crippen molar-refractivity contribution in [1.82, 2.24) is 15.0 Å². The first-order valence-electron chi connectivity index (χ1n) is 6.98. The normalized spacial score (nSPS) is 27.1. The highest BCUT2D eigenvalue weighted by Crippen LogP contribution is 2.30. The quantitative estimate of drug-likeness (QED) is 0.888. The standard InChI is InChI=1S/C13H22ClN5/c1-4-15-12-17-11(14)18-13(19-12)16-10-6-8(2)5-9(3)7-10/h8-10H,4-7H2,1-3H3,(H2,15,16,17,18,19). The SMILES string of the molecule is CCNc1nc(Cl)nc(NC2CC(C)CC(C)C2)n1. The summed E-state index contributed by atoms with van der Waals surface area (Å²) in [7, 11) is 0. The summed E-state index contributed by atoms with van der Waals surface area (Å²) in [5.74, 6) is 2.59. The van der Waals surface area contributed by atoms with Gasteiger partial charge in [-0.25, -0.2) is 0 Å². The first kappa shape index (κ1) is 14.3. The van der Waals surface area contributed by atoms with Gasteiger partial charge < -0.3 is 10.6 Å². The van der Waals surface area contributed by atoms with Gasteiger partial charge >= 0.3 is 0 Å². The third-order valence-electron chi connectivity index (χ3n) is 3.45. The Morgan fingerprint density at radius 1 is 1.05 bits per heavy atom. The van der Waals surface area contributed by atoms with Crippen LogP contribution in [0.3, 0.4) is 0 Å². The van der Waals surface area contributed by atoms with Crippen molar-refractivity contribution in [2.45, 2.75) is 46.1 Å². The minimum absolute atomic E-state index is 0.227. The van der Waals surface area contributed by atoms with Crippen molar-refractivity contribution < 1.29 is 0 Å². The maximum absolute atomic E-state index is 5.92. The molecule has 0 amide bonds. The van der Waals surface area contributed by atoms with E-state index in [1.165, 1.54) is 6.42 Å². The number of halogens is 1. The van der Waals surface area contributed by atoms with E-state index in [2.05, 4.69) is 39.4 Å². The van der Waals surface area contributed by atoms with Crippen LogP contribution in [0.25, 0.3) is 0 Å². The number of hydrogen-bond acceptors (Lipinski definition) is 5. The Morgan fingerprint density at radius 3 is 2.32 bits per heavy atom. The number of rotatable bonds is 4. The van der Waals surface area contributed by atoms with Gasteiger partial charge in [0.1, 0.15) is 0 Å². The van der Waals surface area contributed by atoms with E-state index in [1.54, 1.807) is 0 Å². The smallest absolute Gasteiger partial charge is 0.229 e. The van der Waals surface area contributed by atoms with E-state index in [4.69, 9.17) is 11.6 Å². The highest BCUT2D eigenvalue weighted by atomic mass is 35.5. The van der Waals surface area contributed by atoms with Gasteiger partial charge in [0.2, 0.25) is 17.2 Å². The molecule has 19 heavy (non-hydrogen) atoms. The van der Waals surface area contributed by atoms with E-state index in [-0.39, 0.29) is 5.28 Å². The van der Waals surface area contributed by atoms with Gasteiger partial charge in [-0.2, -0.15) is 15.0 Å². The predicted octanol–water partition coefficient (Wildman–Crippen LogP) is 3.19. The Hall–Kier alpha value is -1.10. The average molecular weight is 284 g/mol. The van der Waals surface area contributed by atoms with E-state index < -0.39 is 0 Å². The Bertz CT molecular complexity index is 415. The molecule has 0 aliphatic heterocycles. The van der Waals surface area contributed by atoms with Gasteiger partial charge in [-0.15, -0.1) is 0 Å². The van der Waals surface area contributed by atoms with Crippen LogP contribution < -0.4 is 10.6 Å². The van der Waals surface area contributed by atoms with Crippen molar-refractivity contribution in [2.75, 3.05) is 17.2 Å². The Morgan fingerprint density at radius 2 is 1.68 bits per heavy atom. The van der Waals surface area contributed by atoms with Gasteiger partial charge in [0, 0.05) is 12.6 Å². The van der Waals surface area contributed by atoms with Gasteiger partial charge in [-0.1, -0.05) is 13.8 Å². The molecule has 0 saturated heterocycles. The lowest BCUT2D eigenvalue weighted by Gasteiger charge is -2.31. The lowest BCUT2D eigenvalue weighted by atomic mass is 9.80. The lowest BCUT2D eigenvalue weighted by molar-refractivity contribution is 0.280. The molecule has 1 aliphatic carbocycles. The number of nitrogens with zero attached hydrogens (tertiary/aromatic N) is 3. The molecule has 1 heterocycles. The molecule has 1 saturated carbocycles. The second-order valence-corrected chi connectivity index (χ2v) is 5.88. The van der Waals surface area contributed by atoms with Crippen LogP contribution in [-0.4, -0.2) is 27.5 Å². The molecule has 106 valence electrons. The van der Waals surface area contributed by atoms with Crippen LogP contribution in [0.2, 0.25) is 5.28 Å². The highest BCUT2D eigenvalue weighted by Gasteiger charge is 2.24. The van der Waals surface area contributed by atoms with E-state index >= 15 is 0 Å². The summed E-state index contributed by atoms with van der Waals surface area (Å²) in [5.41, 5.74) is 0. The van der Waals surface area contributed by atoms with Crippen LogP contribution in [0.1, 0.15) is 40.0 Å². The van der Waals surface area contributed by atoms with Crippen LogP contribution in [0, 0.1) is 11.8 Å².